The molecule has 0 unspecified atom stereocenters. The fourth-order valence-electron chi connectivity index (χ4n) is 6.88. The minimum absolute atomic E-state index is 0.586. The zero-order valence-electron chi connectivity index (χ0n) is 26.7. The molecule has 6 aromatic carbocycles. The summed E-state index contributed by atoms with van der Waals surface area (Å²) in [6, 6.07) is 55.5. The molecule has 0 bridgehead atoms. The average Bonchev–Trinajstić information content (AvgIpc) is 3.72. The summed E-state index contributed by atoms with van der Waals surface area (Å²) in [7, 11) is 0. The number of para-hydroxylation sites is 1. The quantitative estimate of drug-likeness (QED) is 0.187. The van der Waals surface area contributed by atoms with Crippen molar-refractivity contribution in [2.45, 2.75) is 0 Å². The first-order valence-electron chi connectivity index (χ1n) is 16.6. The highest BCUT2D eigenvalue weighted by Gasteiger charge is 2.22. The number of rotatable bonds is 5. The maximum absolute atomic E-state index is 6.73. The van der Waals surface area contributed by atoms with Crippen LogP contribution in [0.1, 0.15) is 0 Å². The van der Waals surface area contributed by atoms with E-state index in [1.54, 1.807) is 0 Å². The molecule has 50 heavy (non-hydrogen) atoms. The number of aromatic nitrogens is 5. The Morgan fingerprint density at radius 2 is 0.980 bits per heavy atom. The molecule has 0 fully saturated rings. The largest absolute Gasteiger partial charge is 0.452 e. The SMILES string of the molecule is c1ccc(-c2cc(-c3ccccc3)nc(-n3c4ccccc4c4cc5c(cc43)oc3c(-c4ccccc4)nc(-c4ccccc4)nc35)n2)cc1. The van der Waals surface area contributed by atoms with Crippen molar-refractivity contribution in [2.24, 2.45) is 0 Å². The van der Waals surface area contributed by atoms with Crippen LogP contribution >= 0.6 is 0 Å². The van der Waals surface area contributed by atoms with Gasteiger partial charge in [0.05, 0.1) is 22.4 Å². The maximum atomic E-state index is 6.73. The third-order valence-electron chi connectivity index (χ3n) is 9.24. The minimum Gasteiger partial charge on any atom is -0.452 e. The monoisotopic (exact) mass is 641 g/mol. The van der Waals surface area contributed by atoms with Gasteiger partial charge in [-0.3, -0.25) is 4.57 Å². The van der Waals surface area contributed by atoms with Crippen LogP contribution in [0.25, 0.3) is 95.0 Å². The molecular weight excluding hydrogens is 615 g/mol. The summed E-state index contributed by atoms with van der Waals surface area (Å²) < 4.78 is 8.88. The molecule has 10 rings (SSSR count). The van der Waals surface area contributed by atoms with Gasteiger partial charge in [0.1, 0.15) is 16.8 Å². The van der Waals surface area contributed by atoms with Crippen LogP contribution in [0.5, 0.6) is 0 Å². The van der Waals surface area contributed by atoms with Crippen molar-refractivity contribution in [2.75, 3.05) is 0 Å². The summed E-state index contributed by atoms with van der Waals surface area (Å²) in [4.78, 5) is 20.6. The molecule has 0 aliphatic carbocycles. The molecule has 0 N–H and O–H groups in total. The number of hydrogen-bond donors (Lipinski definition) is 0. The van der Waals surface area contributed by atoms with Gasteiger partial charge in [0.15, 0.2) is 11.4 Å². The number of furan rings is 1. The predicted octanol–water partition coefficient (Wildman–Crippen LogP) is 10.9. The topological polar surface area (TPSA) is 69.6 Å². The number of fused-ring (bicyclic) bond motifs is 6. The van der Waals surface area contributed by atoms with Gasteiger partial charge < -0.3 is 4.42 Å². The van der Waals surface area contributed by atoms with E-state index in [4.69, 9.17) is 24.4 Å². The molecule has 4 heterocycles. The summed E-state index contributed by atoms with van der Waals surface area (Å²) in [6.45, 7) is 0. The Kier molecular flexibility index (Phi) is 6.39. The van der Waals surface area contributed by atoms with Crippen LogP contribution in [-0.4, -0.2) is 24.5 Å². The van der Waals surface area contributed by atoms with E-state index in [2.05, 4.69) is 83.4 Å². The number of nitrogens with zero attached hydrogens (tertiary/aromatic N) is 5. The van der Waals surface area contributed by atoms with Crippen LogP contribution in [0.2, 0.25) is 0 Å². The van der Waals surface area contributed by atoms with E-state index < -0.39 is 0 Å². The molecule has 234 valence electrons. The molecule has 10 aromatic rings. The lowest BCUT2D eigenvalue weighted by Gasteiger charge is -2.11. The lowest BCUT2D eigenvalue weighted by atomic mass is 10.1. The molecular formula is C44H27N5O. The molecule has 0 spiro atoms. The Balaban J connectivity index is 1.28. The predicted molar refractivity (Wildman–Crippen MR) is 201 cm³/mol. The first-order chi connectivity index (χ1) is 24.8. The molecule has 4 aromatic heterocycles. The Morgan fingerprint density at radius 1 is 0.420 bits per heavy atom. The van der Waals surface area contributed by atoms with Gasteiger partial charge in [-0.05, 0) is 18.2 Å². The van der Waals surface area contributed by atoms with Crippen molar-refractivity contribution in [3.8, 4) is 51.1 Å². The first-order valence-corrected chi connectivity index (χ1v) is 16.6. The summed E-state index contributed by atoms with van der Waals surface area (Å²) in [5.74, 6) is 1.24. The molecule has 0 aliphatic heterocycles. The Bertz CT molecular complexity index is 2790. The second kappa shape index (κ2) is 11.4. The summed E-state index contributed by atoms with van der Waals surface area (Å²) in [5, 5.41) is 3.08. The summed E-state index contributed by atoms with van der Waals surface area (Å²) in [5.41, 5.74) is 10.5. The smallest absolute Gasteiger partial charge is 0.235 e. The van der Waals surface area contributed by atoms with Gasteiger partial charge in [-0.2, -0.15) is 0 Å². The van der Waals surface area contributed by atoms with Crippen molar-refractivity contribution in [1.82, 2.24) is 24.5 Å². The fraction of sp³-hybridized carbons (Fsp3) is 0. The minimum atomic E-state index is 0.586. The highest BCUT2D eigenvalue weighted by Crippen LogP contribution is 2.40. The van der Waals surface area contributed by atoms with Crippen molar-refractivity contribution in [3.05, 3.63) is 164 Å². The molecule has 0 saturated carbocycles. The standard InChI is InChI=1S/C44H27N5O/c1-5-15-28(16-6-1)35-26-36(29-17-7-2-8-18-29)46-44(45-35)49-37-24-14-13-23-32(37)33-25-34-39(27-38(33)49)50-42-40(30-19-9-3-10-20-30)47-43(48-41(34)42)31-21-11-4-12-22-31/h1-27H. The van der Waals surface area contributed by atoms with E-state index in [0.717, 1.165) is 77.6 Å². The molecule has 6 nitrogen and oxygen atoms in total. The van der Waals surface area contributed by atoms with E-state index in [9.17, 15) is 0 Å². The van der Waals surface area contributed by atoms with E-state index in [1.807, 2.05) is 84.9 Å². The molecule has 6 heteroatoms. The van der Waals surface area contributed by atoms with Crippen LogP contribution < -0.4 is 0 Å². The second-order valence-electron chi connectivity index (χ2n) is 12.3. The van der Waals surface area contributed by atoms with Crippen LogP contribution in [-0.2, 0) is 0 Å². The fourth-order valence-corrected chi connectivity index (χ4v) is 6.88. The van der Waals surface area contributed by atoms with E-state index in [-0.39, 0.29) is 0 Å². The summed E-state index contributed by atoms with van der Waals surface area (Å²) >= 11 is 0. The molecule has 0 radical (unpaired) electrons. The highest BCUT2D eigenvalue weighted by atomic mass is 16.3. The molecule has 0 aliphatic rings. The van der Waals surface area contributed by atoms with Crippen LogP contribution in [0.4, 0.5) is 0 Å². The zero-order valence-corrected chi connectivity index (χ0v) is 26.7. The Labute approximate surface area is 287 Å². The normalized spacial score (nSPS) is 11.6. The Morgan fingerprint density at radius 3 is 1.62 bits per heavy atom. The van der Waals surface area contributed by atoms with Gasteiger partial charge in [-0.25, -0.2) is 19.9 Å². The van der Waals surface area contributed by atoms with Gasteiger partial charge in [-0.15, -0.1) is 0 Å². The van der Waals surface area contributed by atoms with Crippen LogP contribution in [0.15, 0.2) is 168 Å². The van der Waals surface area contributed by atoms with Crippen LogP contribution in [0, 0.1) is 0 Å². The summed E-state index contributed by atoms with van der Waals surface area (Å²) in [6.07, 6.45) is 0. The van der Waals surface area contributed by atoms with Gasteiger partial charge in [0.25, 0.3) is 0 Å². The van der Waals surface area contributed by atoms with Crippen LogP contribution in [0.3, 0.4) is 0 Å². The number of hydrogen-bond acceptors (Lipinski definition) is 5. The molecule has 0 atom stereocenters. The first kappa shape index (κ1) is 28.1. The van der Waals surface area contributed by atoms with Crippen molar-refractivity contribution in [3.63, 3.8) is 0 Å². The third-order valence-corrected chi connectivity index (χ3v) is 9.24. The van der Waals surface area contributed by atoms with Gasteiger partial charge >= 0.3 is 0 Å². The van der Waals surface area contributed by atoms with Gasteiger partial charge in [0.2, 0.25) is 5.95 Å². The Hall–Kier alpha value is -6.92. The van der Waals surface area contributed by atoms with Crippen molar-refractivity contribution in [1.29, 1.82) is 0 Å². The van der Waals surface area contributed by atoms with E-state index in [1.165, 1.54) is 0 Å². The van der Waals surface area contributed by atoms with Crippen molar-refractivity contribution < 1.29 is 4.42 Å². The number of benzene rings is 6. The lowest BCUT2D eigenvalue weighted by molar-refractivity contribution is 0.667. The second-order valence-corrected chi connectivity index (χ2v) is 12.3. The van der Waals surface area contributed by atoms with Gasteiger partial charge in [-0.1, -0.05) is 140 Å². The van der Waals surface area contributed by atoms with Gasteiger partial charge in [0, 0.05) is 44.5 Å². The third kappa shape index (κ3) is 4.58. The zero-order chi connectivity index (χ0) is 33.0. The molecule has 0 saturated heterocycles. The van der Waals surface area contributed by atoms with E-state index >= 15 is 0 Å². The highest BCUT2D eigenvalue weighted by molar-refractivity contribution is 6.17. The lowest BCUT2D eigenvalue weighted by Crippen LogP contribution is -2.03. The van der Waals surface area contributed by atoms with Crippen molar-refractivity contribution >= 4 is 43.9 Å². The van der Waals surface area contributed by atoms with E-state index in [0.29, 0.717) is 17.4 Å². The maximum Gasteiger partial charge on any atom is 0.235 e. The average molecular weight is 642 g/mol. The molecule has 0 amide bonds.